The molecule has 0 spiro atoms. The van der Waals surface area contributed by atoms with Crippen LogP contribution in [0.25, 0.3) is 22.4 Å². The van der Waals surface area contributed by atoms with Crippen molar-refractivity contribution in [2.45, 2.75) is 0 Å². The van der Waals surface area contributed by atoms with E-state index in [2.05, 4.69) is 4.98 Å². The predicted octanol–water partition coefficient (Wildman–Crippen LogP) is 2.19. The lowest BCUT2D eigenvalue weighted by atomic mass is 10.1. The van der Waals surface area contributed by atoms with Gasteiger partial charge in [0.05, 0.1) is 17.3 Å². The number of oxazole rings is 1. The van der Waals surface area contributed by atoms with Gasteiger partial charge in [-0.15, -0.1) is 0 Å². The number of nitrogens with zero attached hydrogens (tertiary/aromatic N) is 2. The van der Waals surface area contributed by atoms with E-state index in [-0.39, 0.29) is 5.56 Å². The van der Waals surface area contributed by atoms with Crippen molar-refractivity contribution >= 4 is 10.9 Å². The fourth-order valence-electron chi connectivity index (χ4n) is 1.94. The number of fused-ring (bicyclic) bond motifs is 1. The molecule has 0 amide bonds. The number of para-hydroxylation sites is 1. The molecular formula is C13H10N2O2. The van der Waals surface area contributed by atoms with Gasteiger partial charge in [-0.1, -0.05) is 18.2 Å². The molecular weight excluding hydrogens is 216 g/mol. The molecule has 0 saturated carbocycles. The first-order valence-electron chi connectivity index (χ1n) is 5.26. The van der Waals surface area contributed by atoms with Crippen LogP contribution in [0.1, 0.15) is 0 Å². The molecule has 84 valence electrons. The minimum absolute atomic E-state index is 0.0723. The van der Waals surface area contributed by atoms with Crippen molar-refractivity contribution in [3.8, 4) is 11.5 Å². The zero-order chi connectivity index (χ0) is 11.8. The molecule has 2 heterocycles. The van der Waals surface area contributed by atoms with Gasteiger partial charge in [0.15, 0.2) is 0 Å². The summed E-state index contributed by atoms with van der Waals surface area (Å²) in [4.78, 5) is 15.9. The first kappa shape index (κ1) is 9.84. The SMILES string of the molecule is Cn1c(=O)cc(-c2ncco2)c2ccccc21. The molecule has 0 aliphatic heterocycles. The Morgan fingerprint density at radius 2 is 2.12 bits per heavy atom. The summed E-state index contributed by atoms with van der Waals surface area (Å²) >= 11 is 0. The Kier molecular flexibility index (Phi) is 2.08. The van der Waals surface area contributed by atoms with Crippen LogP contribution in [0.4, 0.5) is 0 Å². The third-order valence-corrected chi connectivity index (χ3v) is 2.82. The Morgan fingerprint density at radius 1 is 1.29 bits per heavy atom. The largest absolute Gasteiger partial charge is 0.445 e. The molecule has 17 heavy (non-hydrogen) atoms. The highest BCUT2D eigenvalue weighted by atomic mass is 16.3. The van der Waals surface area contributed by atoms with E-state index in [0.717, 1.165) is 16.5 Å². The molecule has 4 nitrogen and oxygen atoms in total. The number of aryl methyl sites for hydroxylation is 1. The highest BCUT2D eigenvalue weighted by Crippen LogP contribution is 2.25. The molecule has 0 saturated heterocycles. The second kappa shape index (κ2) is 3.59. The molecule has 4 heteroatoms. The summed E-state index contributed by atoms with van der Waals surface area (Å²) in [6.45, 7) is 0. The van der Waals surface area contributed by atoms with Crippen molar-refractivity contribution in [2.24, 2.45) is 7.05 Å². The fourth-order valence-corrected chi connectivity index (χ4v) is 1.94. The molecule has 3 aromatic rings. The van der Waals surface area contributed by atoms with E-state index in [9.17, 15) is 4.79 Å². The molecule has 0 aliphatic carbocycles. The highest BCUT2D eigenvalue weighted by Gasteiger charge is 2.10. The highest BCUT2D eigenvalue weighted by molar-refractivity contribution is 5.92. The third kappa shape index (κ3) is 1.45. The molecule has 1 aromatic carbocycles. The van der Waals surface area contributed by atoms with Crippen molar-refractivity contribution < 1.29 is 4.42 Å². The van der Waals surface area contributed by atoms with Crippen LogP contribution in [-0.4, -0.2) is 9.55 Å². The van der Waals surface area contributed by atoms with E-state index in [0.29, 0.717) is 5.89 Å². The molecule has 0 aliphatic rings. The summed E-state index contributed by atoms with van der Waals surface area (Å²) in [5.74, 6) is 0.471. The van der Waals surface area contributed by atoms with Gasteiger partial charge in [-0.3, -0.25) is 4.79 Å². The van der Waals surface area contributed by atoms with E-state index in [4.69, 9.17) is 4.42 Å². The van der Waals surface area contributed by atoms with Crippen LogP contribution in [-0.2, 0) is 7.05 Å². The maximum Gasteiger partial charge on any atom is 0.251 e. The zero-order valence-electron chi connectivity index (χ0n) is 9.25. The summed E-state index contributed by atoms with van der Waals surface area (Å²) in [6, 6.07) is 9.24. The Morgan fingerprint density at radius 3 is 2.88 bits per heavy atom. The lowest BCUT2D eigenvalue weighted by Crippen LogP contribution is -2.16. The number of benzene rings is 1. The summed E-state index contributed by atoms with van der Waals surface area (Å²) in [5, 5.41) is 0.956. The molecule has 0 atom stereocenters. The second-order valence-corrected chi connectivity index (χ2v) is 3.81. The number of pyridine rings is 1. The molecule has 0 N–H and O–H groups in total. The van der Waals surface area contributed by atoms with E-state index < -0.39 is 0 Å². The maximum atomic E-state index is 11.8. The predicted molar refractivity (Wildman–Crippen MR) is 64.7 cm³/mol. The minimum atomic E-state index is -0.0723. The van der Waals surface area contributed by atoms with Crippen molar-refractivity contribution in [3.63, 3.8) is 0 Å². The van der Waals surface area contributed by atoms with Crippen molar-refractivity contribution in [1.29, 1.82) is 0 Å². The fraction of sp³-hybridized carbons (Fsp3) is 0.0769. The van der Waals surface area contributed by atoms with Gasteiger partial charge < -0.3 is 8.98 Å². The van der Waals surface area contributed by atoms with E-state index in [1.54, 1.807) is 23.9 Å². The number of aromatic nitrogens is 2. The van der Waals surface area contributed by atoms with Crippen molar-refractivity contribution in [3.05, 3.63) is 53.1 Å². The smallest absolute Gasteiger partial charge is 0.251 e. The lowest BCUT2D eigenvalue weighted by molar-refractivity contribution is 0.575. The zero-order valence-corrected chi connectivity index (χ0v) is 9.25. The molecule has 0 radical (unpaired) electrons. The van der Waals surface area contributed by atoms with Crippen LogP contribution in [0.3, 0.4) is 0 Å². The van der Waals surface area contributed by atoms with Crippen LogP contribution >= 0.6 is 0 Å². The van der Waals surface area contributed by atoms with Crippen LogP contribution < -0.4 is 5.56 Å². The average molecular weight is 226 g/mol. The van der Waals surface area contributed by atoms with Gasteiger partial charge in [0.2, 0.25) is 5.89 Å². The van der Waals surface area contributed by atoms with Gasteiger partial charge in [-0.2, -0.15) is 0 Å². The van der Waals surface area contributed by atoms with E-state index in [1.165, 1.54) is 6.26 Å². The molecule has 2 aromatic heterocycles. The third-order valence-electron chi connectivity index (χ3n) is 2.82. The van der Waals surface area contributed by atoms with Gasteiger partial charge >= 0.3 is 0 Å². The second-order valence-electron chi connectivity index (χ2n) is 3.81. The van der Waals surface area contributed by atoms with Gasteiger partial charge in [-0.05, 0) is 6.07 Å². The monoisotopic (exact) mass is 226 g/mol. The van der Waals surface area contributed by atoms with Crippen LogP contribution in [0.5, 0.6) is 0 Å². The van der Waals surface area contributed by atoms with Crippen LogP contribution in [0.15, 0.2) is 52.0 Å². The first-order chi connectivity index (χ1) is 8.27. The molecule has 0 unspecified atom stereocenters. The number of hydrogen-bond acceptors (Lipinski definition) is 3. The minimum Gasteiger partial charge on any atom is -0.445 e. The Hall–Kier alpha value is -2.36. The van der Waals surface area contributed by atoms with E-state index >= 15 is 0 Å². The summed E-state index contributed by atoms with van der Waals surface area (Å²) in [5.41, 5.74) is 1.53. The standard InChI is InChI=1S/C13H10N2O2/c1-15-11-5-3-2-4-9(11)10(8-12(15)16)13-14-6-7-17-13/h2-8H,1H3. The van der Waals surface area contributed by atoms with Crippen LogP contribution in [0.2, 0.25) is 0 Å². The van der Waals surface area contributed by atoms with Gasteiger partial charge in [0, 0.05) is 18.5 Å². The summed E-state index contributed by atoms with van der Waals surface area (Å²) in [7, 11) is 1.75. The summed E-state index contributed by atoms with van der Waals surface area (Å²) < 4.78 is 6.88. The van der Waals surface area contributed by atoms with Crippen molar-refractivity contribution in [2.75, 3.05) is 0 Å². The Labute approximate surface area is 97.1 Å². The molecule has 0 bridgehead atoms. The normalized spacial score (nSPS) is 10.9. The lowest BCUT2D eigenvalue weighted by Gasteiger charge is -2.07. The Bertz CT molecular complexity index is 727. The number of hydrogen-bond donors (Lipinski definition) is 0. The summed E-state index contributed by atoms with van der Waals surface area (Å²) in [6.07, 6.45) is 3.07. The quantitative estimate of drug-likeness (QED) is 0.639. The maximum absolute atomic E-state index is 11.8. The number of rotatable bonds is 1. The van der Waals surface area contributed by atoms with Gasteiger partial charge in [-0.25, -0.2) is 4.98 Å². The van der Waals surface area contributed by atoms with Crippen molar-refractivity contribution in [1.82, 2.24) is 9.55 Å². The van der Waals surface area contributed by atoms with Gasteiger partial charge in [0.25, 0.3) is 5.56 Å². The topological polar surface area (TPSA) is 48.0 Å². The first-order valence-corrected chi connectivity index (χ1v) is 5.26. The average Bonchev–Trinajstić information content (AvgIpc) is 2.87. The molecule has 3 rings (SSSR count). The van der Waals surface area contributed by atoms with E-state index in [1.807, 2.05) is 24.3 Å². The Balaban J connectivity index is 2.48. The molecule has 0 fully saturated rings. The van der Waals surface area contributed by atoms with Gasteiger partial charge in [0.1, 0.15) is 6.26 Å². The van der Waals surface area contributed by atoms with Crippen LogP contribution in [0, 0.1) is 0 Å².